The number of hydrogen-bond acceptors (Lipinski definition) is 1. The van der Waals surface area contributed by atoms with E-state index >= 15 is 0 Å². The van der Waals surface area contributed by atoms with Gasteiger partial charge in [0, 0.05) is 5.54 Å². The van der Waals surface area contributed by atoms with Crippen LogP contribution in [0, 0.1) is 0 Å². The first-order valence-corrected chi connectivity index (χ1v) is 4.93. The Hall–Kier alpha value is 0.0300. The number of rotatable bonds is 2. The summed E-state index contributed by atoms with van der Waals surface area (Å²) < 4.78 is 24.6. The molecule has 0 aliphatic carbocycles. The van der Waals surface area contributed by atoms with Gasteiger partial charge in [-0.25, -0.2) is 0 Å². The Morgan fingerprint density at radius 3 is 2.15 bits per heavy atom. The standard InChI is InChI=1S/C7H13BrF2N2S/c1-6(2,3)12-5(13)11-4-7(8,9)10/h4H2,1-3H3,(H2,11,12,13). The van der Waals surface area contributed by atoms with Crippen LogP contribution in [0.5, 0.6) is 0 Å². The first kappa shape index (κ1) is 13.0. The second-order valence-electron chi connectivity index (χ2n) is 3.67. The molecule has 0 spiro atoms. The van der Waals surface area contributed by atoms with Crippen molar-refractivity contribution in [2.45, 2.75) is 31.1 Å². The third-order valence-corrected chi connectivity index (χ3v) is 1.46. The Morgan fingerprint density at radius 1 is 1.38 bits per heavy atom. The summed E-state index contributed by atoms with van der Waals surface area (Å²) in [6.07, 6.45) is 0. The SMILES string of the molecule is CC(C)(C)NC(=S)NCC(F)(F)Br. The van der Waals surface area contributed by atoms with E-state index in [-0.39, 0.29) is 10.7 Å². The van der Waals surface area contributed by atoms with Crippen LogP contribution in [-0.4, -0.2) is 22.0 Å². The summed E-state index contributed by atoms with van der Waals surface area (Å²) in [4.78, 5) is -2.92. The van der Waals surface area contributed by atoms with Crippen LogP contribution >= 0.6 is 28.1 Å². The van der Waals surface area contributed by atoms with Crippen LogP contribution in [0.3, 0.4) is 0 Å². The van der Waals surface area contributed by atoms with Crippen LogP contribution in [0.4, 0.5) is 8.78 Å². The monoisotopic (exact) mass is 274 g/mol. The van der Waals surface area contributed by atoms with Crippen LogP contribution in [0.1, 0.15) is 20.8 Å². The van der Waals surface area contributed by atoms with Crippen molar-refractivity contribution in [1.82, 2.24) is 10.6 Å². The molecule has 0 unspecified atom stereocenters. The first-order valence-electron chi connectivity index (χ1n) is 3.73. The molecule has 0 radical (unpaired) electrons. The summed E-state index contributed by atoms with van der Waals surface area (Å²) in [5, 5.41) is 5.49. The van der Waals surface area contributed by atoms with Gasteiger partial charge in [0.05, 0.1) is 6.54 Å². The largest absolute Gasteiger partial charge is 0.358 e. The van der Waals surface area contributed by atoms with Gasteiger partial charge in [0.1, 0.15) is 0 Å². The van der Waals surface area contributed by atoms with E-state index in [4.69, 9.17) is 12.2 Å². The molecule has 0 aliphatic rings. The Balaban J connectivity index is 3.78. The Labute approximate surface area is 90.6 Å². The van der Waals surface area contributed by atoms with Gasteiger partial charge >= 0.3 is 4.83 Å². The van der Waals surface area contributed by atoms with Gasteiger partial charge in [0.2, 0.25) is 0 Å². The van der Waals surface area contributed by atoms with Crippen LogP contribution < -0.4 is 10.6 Å². The van der Waals surface area contributed by atoms with Crippen molar-refractivity contribution in [1.29, 1.82) is 0 Å². The van der Waals surface area contributed by atoms with E-state index in [9.17, 15) is 8.78 Å². The molecule has 0 aromatic rings. The molecule has 0 aromatic heterocycles. The molecular weight excluding hydrogens is 262 g/mol. The highest BCUT2D eigenvalue weighted by Gasteiger charge is 2.24. The molecule has 0 bridgehead atoms. The second kappa shape index (κ2) is 4.50. The maximum absolute atomic E-state index is 12.3. The van der Waals surface area contributed by atoms with E-state index in [1.807, 2.05) is 20.8 Å². The maximum atomic E-state index is 12.3. The van der Waals surface area contributed by atoms with Gasteiger partial charge in [-0.2, -0.15) is 8.78 Å². The first-order chi connectivity index (χ1) is 5.60. The summed E-state index contributed by atoms with van der Waals surface area (Å²) in [5.41, 5.74) is -0.217. The lowest BCUT2D eigenvalue weighted by atomic mass is 10.1. The van der Waals surface area contributed by atoms with Gasteiger partial charge in [-0.3, -0.25) is 0 Å². The fourth-order valence-corrected chi connectivity index (χ4v) is 1.08. The lowest BCUT2D eigenvalue weighted by molar-refractivity contribution is 0.119. The average Bonchev–Trinajstić information content (AvgIpc) is 1.78. The fraction of sp³-hybridized carbons (Fsp3) is 0.857. The van der Waals surface area contributed by atoms with Gasteiger partial charge in [-0.15, -0.1) is 0 Å². The van der Waals surface area contributed by atoms with Crippen LogP contribution in [0.15, 0.2) is 0 Å². The summed E-state index contributed by atoms with van der Waals surface area (Å²) >= 11 is 7.00. The summed E-state index contributed by atoms with van der Waals surface area (Å²) in [5.74, 6) is 0. The molecule has 13 heavy (non-hydrogen) atoms. The molecule has 0 saturated carbocycles. The number of thiocarbonyl (C=S) groups is 1. The van der Waals surface area contributed by atoms with Crippen molar-refractivity contribution in [2.24, 2.45) is 0 Å². The number of halogens is 3. The maximum Gasteiger partial charge on any atom is 0.318 e. The molecular formula is C7H13BrF2N2S. The lowest BCUT2D eigenvalue weighted by Gasteiger charge is -2.23. The molecule has 6 heteroatoms. The van der Waals surface area contributed by atoms with Crippen LogP contribution in [0.2, 0.25) is 0 Å². The van der Waals surface area contributed by atoms with Crippen molar-refractivity contribution >= 4 is 33.3 Å². The fourth-order valence-electron chi connectivity index (χ4n) is 0.565. The van der Waals surface area contributed by atoms with Crippen molar-refractivity contribution in [3.05, 3.63) is 0 Å². The number of hydrogen-bond donors (Lipinski definition) is 2. The zero-order chi connectivity index (χ0) is 10.7. The van der Waals surface area contributed by atoms with Gasteiger partial charge in [0.15, 0.2) is 5.11 Å². The molecule has 0 atom stereocenters. The van der Waals surface area contributed by atoms with Crippen LogP contribution in [0.25, 0.3) is 0 Å². The molecule has 0 aromatic carbocycles. The van der Waals surface area contributed by atoms with Gasteiger partial charge in [0.25, 0.3) is 0 Å². The molecule has 78 valence electrons. The molecule has 0 aliphatic heterocycles. The van der Waals surface area contributed by atoms with Crippen molar-refractivity contribution in [3.63, 3.8) is 0 Å². The molecule has 0 saturated heterocycles. The zero-order valence-electron chi connectivity index (χ0n) is 7.75. The van der Waals surface area contributed by atoms with Gasteiger partial charge < -0.3 is 10.6 Å². The Morgan fingerprint density at radius 2 is 1.85 bits per heavy atom. The molecule has 0 rings (SSSR count). The van der Waals surface area contributed by atoms with E-state index in [1.165, 1.54) is 0 Å². The minimum absolute atomic E-state index is 0.217. The van der Waals surface area contributed by atoms with E-state index < -0.39 is 11.4 Å². The highest BCUT2D eigenvalue weighted by Crippen LogP contribution is 2.19. The van der Waals surface area contributed by atoms with Gasteiger partial charge in [-0.05, 0) is 48.9 Å². The molecule has 0 heterocycles. The van der Waals surface area contributed by atoms with E-state index in [2.05, 4.69) is 26.6 Å². The molecule has 2 nitrogen and oxygen atoms in total. The highest BCUT2D eigenvalue weighted by atomic mass is 79.9. The third kappa shape index (κ3) is 9.95. The van der Waals surface area contributed by atoms with Crippen molar-refractivity contribution < 1.29 is 8.78 Å². The quantitative estimate of drug-likeness (QED) is 0.597. The molecule has 0 fully saturated rings. The summed E-state index contributed by atoms with van der Waals surface area (Å²) in [7, 11) is 0. The van der Waals surface area contributed by atoms with Crippen molar-refractivity contribution in [3.8, 4) is 0 Å². The predicted molar refractivity (Wildman–Crippen MR) is 57.4 cm³/mol. The van der Waals surface area contributed by atoms with E-state index in [0.29, 0.717) is 0 Å². The zero-order valence-corrected chi connectivity index (χ0v) is 10.2. The summed E-state index contributed by atoms with van der Waals surface area (Å²) in [6, 6.07) is 0. The van der Waals surface area contributed by atoms with E-state index in [0.717, 1.165) is 0 Å². The minimum atomic E-state index is -2.92. The number of alkyl halides is 3. The van der Waals surface area contributed by atoms with Crippen LogP contribution in [-0.2, 0) is 0 Å². The van der Waals surface area contributed by atoms with Crippen molar-refractivity contribution in [2.75, 3.05) is 6.54 Å². The highest BCUT2D eigenvalue weighted by molar-refractivity contribution is 9.10. The second-order valence-corrected chi connectivity index (χ2v) is 5.24. The number of nitrogens with one attached hydrogen (secondary N) is 2. The minimum Gasteiger partial charge on any atom is -0.358 e. The Bertz CT molecular complexity index is 186. The summed E-state index contributed by atoms with van der Waals surface area (Å²) in [6.45, 7) is 5.17. The van der Waals surface area contributed by atoms with Gasteiger partial charge in [-0.1, -0.05) is 0 Å². The molecule has 0 amide bonds. The lowest BCUT2D eigenvalue weighted by Crippen LogP contribution is -2.48. The third-order valence-electron chi connectivity index (χ3n) is 0.938. The Kier molecular flexibility index (Phi) is 4.51. The van der Waals surface area contributed by atoms with E-state index in [1.54, 1.807) is 0 Å². The molecule has 2 N–H and O–H groups in total. The average molecular weight is 275 g/mol. The normalized spacial score (nSPS) is 12.5. The smallest absolute Gasteiger partial charge is 0.318 e. The topological polar surface area (TPSA) is 24.1 Å². The predicted octanol–water partition coefficient (Wildman–Crippen LogP) is 2.24.